The summed E-state index contributed by atoms with van der Waals surface area (Å²) in [5, 5.41) is 21.4. The van der Waals surface area contributed by atoms with Gasteiger partial charge in [0.05, 0.1) is 0 Å². The molecule has 2 amide bonds. The van der Waals surface area contributed by atoms with Crippen molar-refractivity contribution in [2.45, 2.75) is 24.9 Å². The van der Waals surface area contributed by atoms with Crippen molar-refractivity contribution >= 4 is 36.4 Å². The van der Waals surface area contributed by atoms with Crippen molar-refractivity contribution in [1.29, 1.82) is 0 Å². The molecule has 22 heavy (non-hydrogen) atoms. The van der Waals surface area contributed by atoms with E-state index >= 15 is 0 Å². The molecule has 0 saturated heterocycles. The van der Waals surface area contributed by atoms with Crippen LogP contribution in [0.15, 0.2) is 0 Å². The van der Waals surface area contributed by atoms with Gasteiger partial charge in [0.2, 0.25) is 11.8 Å². The fourth-order valence-electron chi connectivity index (χ4n) is 1.16. The van der Waals surface area contributed by atoms with Gasteiger partial charge in [-0.15, -0.1) is 0 Å². The zero-order valence-electron chi connectivity index (χ0n) is 11.3. The second kappa shape index (κ2) is 13.3. The van der Waals surface area contributed by atoms with E-state index in [0.29, 0.717) is 0 Å². The van der Waals surface area contributed by atoms with Crippen LogP contribution < -0.4 is 16.4 Å². The molecule has 0 fully saturated rings. The van der Waals surface area contributed by atoms with Crippen LogP contribution in [-0.2, 0) is 41.7 Å². The number of carbonyl (C=O) groups is 4. The summed E-state index contributed by atoms with van der Waals surface area (Å²) >= 11 is 3.87. The molecular weight excluding hydrogens is 362 g/mol. The Balaban J connectivity index is -0.00000180. The maximum Gasteiger partial charge on any atom is 2.00 e. The predicted octanol–water partition coefficient (Wildman–Crippen LogP) is -2.33. The topological polar surface area (TPSA) is 187 Å². The third kappa shape index (κ3) is 11.3. The average molecular weight is 379 g/mol. The molecule has 0 spiro atoms. The van der Waals surface area contributed by atoms with Crippen molar-refractivity contribution in [2.75, 3.05) is 12.3 Å². The molecule has 2 atom stereocenters. The first kappa shape index (κ1) is 25.6. The van der Waals surface area contributed by atoms with Crippen LogP contribution in [0.25, 0.3) is 0 Å². The Morgan fingerprint density at radius 2 is 1.73 bits per heavy atom. The molecule has 0 rings (SSSR count). The van der Waals surface area contributed by atoms with Gasteiger partial charge >= 0.3 is 29.0 Å². The maximum absolute atomic E-state index is 11.5. The minimum absolute atomic E-state index is 0. The first-order valence-electron chi connectivity index (χ1n) is 5.66. The number of nitrogens with two attached hydrogens (primary N) is 1. The number of nitrogens with one attached hydrogen (secondary N) is 2. The van der Waals surface area contributed by atoms with E-state index in [4.69, 9.17) is 15.9 Å². The van der Waals surface area contributed by atoms with Gasteiger partial charge in [0.15, 0.2) is 0 Å². The molecule has 12 heteroatoms. The number of aliphatic carboxylic acids is 2. The molecule has 0 aromatic heterocycles. The second-order valence-corrected chi connectivity index (χ2v) is 4.26. The number of carbonyl (C=O) groups excluding carboxylic acids is 2. The van der Waals surface area contributed by atoms with Crippen LogP contribution in [0.2, 0.25) is 0 Å². The number of amides is 2. The standard InChI is InChI=1S/C10H17N3O6S.Fe.O/c11-5(10(18)19)1-2-7(14)13-6(4-20)9(17)12-3-8(15)16;;/h5-6,20H,1-4,11H2,(H,12,17)(H,13,14)(H,15,16)(H,18,19);;/q;+2;-2/t5-,6-;;/m0../s1. The van der Waals surface area contributed by atoms with E-state index in [2.05, 4.69) is 23.3 Å². The number of hydrogen-bond donors (Lipinski definition) is 6. The first-order chi connectivity index (χ1) is 9.27. The van der Waals surface area contributed by atoms with Gasteiger partial charge in [-0.2, -0.15) is 12.6 Å². The minimum Gasteiger partial charge on any atom is -2.00 e. The third-order valence-corrected chi connectivity index (χ3v) is 2.61. The van der Waals surface area contributed by atoms with Crippen LogP contribution in [0.3, 0.4) is 0 Å². The Kier molecular flexibility index (Phi) is 15.5. The van der Waals surface area contributed by atoms with Crippen molar-refractivity contribution in [2.24, 2.45) is 5.73 Å². The first-order valence-corrected chi connectivity index (χ1v) is 6.29. The maximum atomic E-state index is 11.5. The number of thiol groups is 1. The minimum atomic E-state index is -1.22. The van der Waals surface area contributed by atoms with Crippen molar-refractivity contribution in [1.82, 2.24) is 10.6 Å². The Bertz CT molecular complexity index is 397. The van der Waals surface area contributed by atoms with Gasteiger partial charge in [0.1, 0.15) is 18.6 Å². The van der Waals surface area contributed by atoms with Crippen molar-refractivity contribution in [3.05, 3.63) is 0 Å². The number of hydrogen-bond acceptors (Lipinski definition) is 6. The number of carboxylic acids is 2. The molecule has 0 aliphatic carbocycles. The summed E-state index contributed by atoms with van der Waals surface area (Å²) in [5.74, 6) is -3.70. The Labute approximate surface area is 142 Å². The molecule has 10 nitrogen and oxygen atoms in total. The Morgan fingerprint density at radius 1 is 1.18 bits per heavy atom. The molecule has 0 aliphatic heterocycles. The monoisotopic (exact) mass is 379 g/mol. The molecule has 0 bridgehead atoms. The van der Waals surface area contributed by atoms with Gasteiger partial charge < -0.3 is 32.1 Å². The van der Waals surface area contributed by atoms with Crippen LogP contribution in [0.5, 0.6) is 0 Å². The summed E-state index contributed by atoms with van der Waals surface area (Å²) in [5.41, 5.74) is 5.23. The van der Waals surface area contributed by atoms with Gasteiger partial charge in [-0.05, 0) is 6.42 Å². The second-order valence-electron chi connectivity index (χ2n) is 3.90. The largest absolute Gasteiger partial charge is 2.00 e. The predicted molar refractivity (Wildman–Crippen MR) is 72.0 cm³/mol. The van der Waals surface area contributed by atoms with Gasteiger partial charge in [-0.1, -0.05) is 0 Å². The molecule has 0 heterocycles. The Morgan fingerprint density at radius 3 is 2.14 bits per heavy atom. The van der Waals surface area contributed by atoms with E-state index < -0.39 is 42.4 Å². The SMILES string of the molecule is N[C@@H](CCC(=O)N[C@@H](CS)C(=O)NCC(=O)O)C(=O)O.[Fe+2].[O-2]. The summed E-state index contributed by atoms with van der Waals surface area (Å²) in [6, 6.07) is -2.15. The van der Waals surface area contributed by atoms with E-state index in [0.717, 1.165) is 0 Å². The van der Waals surface area contributed by atoms with Crippen LogP contribution in [0.1, 0.15) is 12.8 Å². The van der Waals surface area contributed by atoms with E-state index in [1.807, 2.05) is 0 Å². The van der Waals surface area contributed by atoms with Crippen LogP contribution >= 0.6 is 12.6 Å². The normalized spacial score (nSPS) is 11.9. The van der Waals surface area contributed by atoms with E-state index in [9.17, 15) is 19.2 Å². The van der Waals surface area contributed by atoms with Gasteiger partial charge in [-0.25, -0.2) is 0 Å². The van der Waals surface area contributed by atoms with Crippen LogP contribution in [0.4, 0.5) is 0 Å². The van der Waals surface area contributed by atoms with Crippen molar-refractivity contribution < 1.29 is 51.9 Å². The third-order valence-electron chi connectivity index (χ3n) is 2.25. The quantitative estimate of drug-likeness (QED) is 0.191. The summed E-state index contributed by atoms with van der Waals surface area (Å²) in [4.78, 5) is 43.7. The molecule has 128 valence electrons. The van der Waals surface area contributed by atoms with Gasteiger partial charge in [0, 0.05) is 12.2 Å². The van der Waals surface area contributed by atoms with E-state index in [1.54, 1.807) is 0 Å². The zero-order valence-corrected chi connectivity index (χ0v) is 13.3. The smallest absolute Gasteiger partial charge is 2.00 e. The Hall–Kier alpha value is -1.33. The molecular formula is C10H17FeN3O7S. The summed E-state index contributed by atoms with van der Waals surface area (Å²) < 4.78 is 0. The molecule has 0 saturated carbocycles. The van der Waals surface area contributed by atoms with E-state index in [1.165, 1.54) is 0 Å². The average Bonchev–Trinajstić information content (AvgIpc) is 2.38. The van der Waals surface area contributed by atoms with E-state index in [-0.39, 0.29) is 41.1 Å². The molecule has 0 radical (unpaired) electrons. The number of rotatable bonds is 9. The van der Waals surface area contributed by atoms with Crippen molar-refractivity contribution in [3.63, 3.8) is 0 Å². The molecule has 0 aliphatic rings. The zero-order chi connectivity index (χ0) is 15.7. The summed E-state index contributed by atoms with van der Waals surface area (Å²) in [7, 11) is 0. The molecule has 0 aromatic carbocycles. The summed E-state index contributed by atoms with van der Waals surface area (Å²) in [6.45, 7) is -0.567. The van der Waals surface area contributed by atoms with Crippen LogP contribution in [-0.4, -0.2) is 58.3 Å². The van der Waals surface area contributed by atoms with Gasteiger partial charge in [0.25, 0.3) is 0 Å². The molecule has 0 aromatic rings. The molecule has 0 unspecified atom stereocenters. The summed E-state index contributed by atoms with van der Waals surface area (Å²) in [6.07, 6.45) is -0.235. The fraction of sp³-hybridized carbons (Fsp3) is 0.600. The van der Waals surface area contributed by atoms with Crippen molar-refractivity contribution in [3.8, 4) is 0 Å². The molecule has 6 N–H and O–H groups in total. The number of carboxylic acid groups (broad SMARTS) is 2. The van der Waals surface area contributed by atoms with Crippen LogP contribution in [0, 0.1) is 0 Å². The fourth-order valence-corrected chi connectivity index (χ4v) is 1.41. The van der Waals surface area contributed by atoms with Gasteiger partial charge in [-0.3, -0.25) is 19.2 Å².